The lowest BCUT2D eigenvalue weighted by atomic mass is 9.91. The molecule has 3 aromatic rings. The van der Waals surface area contributed by atoms with Gasteiger partial charge < -0.3 is 29.6 Å². The minimum absolute atomic E-state index is 0.0185. The molecule has 2 saturated heterocycles. The Morgan fingerprint density at radius 1 is 0.836 bits per heavy atom. The lowest BCUT2D eigenvalue weighted by Crippen LogP contribution is -2.55. The van der Waals surface area contributed by atoms with Crippen LogP contribution in [0.2, 0.25) is 0 Å². The molecule has 5 rings (SSSR count). The highest BCUT2D eigenvalue weighted by atomic mass is 16.5. The second-order valence-corrected chi connectivity index (χ2v) is 14.9. The van der Waals surface area contributed by atoms with Gasteiger partial charge in [0.15, 0.2) is 0 Å². The van der Waals surface area contributed by atoms with Crippen LogP contribution in [-0.4, -0.2) is 94.9 Å². The number of ether oxygens (including phenoxy) is 2. The SMILES string of the molecule is COC(=O)C[C@H](C(=O)N1CCC[C@H]1c1ncc(-c2ccc(-c3cccc(CC(=O)NC(=O)[C@@H]4CCCN4C(=O)[C@@H](NC(=O)OC)C(C)C)c3)cc2)[nH]1)C(C)C. The maximum absolute atomic E-state index is 13.6. The molecule has 0 aliphatic carbocycles. The molecule has 0 bridgehead atoms. The van der Waals surface area contributed by atoms with E-state index in [1.54, 1.807) is 20.0 Å². The van der Waals surface area contributed by atoms with Crippen molar-refractivity contribution in [2.75, 3.05) is 27.3 Å². The molecule has 0 radical (unpaired) electrons. The van der Waals surface area contributed by atoms with E-state index in [1.807, 2.05) is 67.3 Å². The molecule has 5 amide bonds. The first-order valence-corrected chi connectivity index (χ1v) is 18.9. The normalized spacial score (nSPS) is 17.9. The average molecular weight is 757 g/mol. The molecule has 2 fully saturated rings. The molecule has 0 unspecified atom stereocenters. The minimum Gasteiger partial charge on any atom is -0.469 e. The largest absolute Gasteiger partial charge is 0.469 e. The summed E-state index contributed by atoms with van der Waals surface area (Å²) in [6, 6.07) is 13.6. The summed E-state index contributed by atoms with van der Waals surface area (Å²) in [5.41, 5.74) is 4.27. The summed E-state index contributed by atoms with van der Waals surface area (Å²) in [5, 5.41) is 5.03. The zero-order chi connectivity index (χ0) is 39.8. The van der Waals surface area contributed by atoms with E-state index in [0.29, 0.717) is 37.3 Å². The third-order valence-electron chi connectivity index (χ3n) is 10.5. The molecule has 3 N–H and O–H groups in total. The fraction of sp³-hybridized carbons (Fsp3) is 0.488. The van der Waals surface area contributed by atoms with Crippen LogP contribution in [0.25, 0.3) is 22.4 Å². The Balaban J connectivity index is 1.20. The number of amides is 5. The molecule has 1 aromatic heterocycles. The number of carbonyl (C=O) groups excluding carboxylic acids is 6. The van der Waals surface area contributed by atoms with Gasteiger partial charge in [0.1, 0.15) is 17.9 Å². The predicted octanol–water partition coefficient (Wildman–Crippen LogP) is 4.80. The van der Waals surface area contributed by atoms with Crippen LogP contribution in [0.1, 0.15) is 77.2 Å². The van der Waals surface area contributed by atoms with Crippen LogP contribution in [-0.2, 0) is 39.9 Å². The van der Waals surface area contributed by atoms with E-state index in [-0.39, 0.29) is 36.6 Å². The summed E-state index contributed by atoms with van der Waals surface area (Å²) in [7, 11) is 2.55. The Morgan fingerprint density at radius 2 is 1.53 bits per heavy atom. The van der Waals surface area contributed by atoms with Crippen molar-refractivity contribution in [3.8, 4) is 22.4 Å². The van der Waals surface area contributed by atoms with Gasteiger partial charge in [-0.1, -0.05) is 76.2 Å². The second-order valence-electron chi connectivity index (χ2n) is 14.9. The topological polar surface area (TPSA) is 180 Å². The van der Waals surface area contributed by atoms with Crippen molar-refractivity contribution in [2.24, 2.45) is 17.8 Å². The summed E-state index contributed by atoms with van der Waals surface area (Å²) in [5.74, 6) is -1.89. The molecule has 0 spiro atoms. The van der Waals surface area contributed by atoms with Crippen molar-refractivity contribution in [1.82, 2.24) is 30.4 Å². The quantitative estimate of drug-likeness (QED) is 0.207. The van der Waals surface area contributed by atoms with E-state index in [2.05, 4.69) is 25.3 Å². The zero-order valence-electron chi connectivity index (χ0n) is 32.4. The van der Waals surface area contributed by atoms with Gasteiger partial charge in [-0.3, -0.25) is 29.3 Å². The van der Waals surface area contributed by atoms with E-state index < -0.39 is 47.8 Å². The fourth-order valence-electron chi connectivity index (χ4n) is 7.39. The van der Waals surface area contributed by atoms with Gasteiger partial charge >= 0.3 is 12.1 Å². The van der Waals surface area contributed by atoms with Gasteiger partial charge in [0.05, 0.1) is 50.9 Å². The third kappa shape index (κ3) is 9.78. The number of aromatic amines is 1. The molecule has 3 heterocycles. The standard InChI is InChI=1S/C41H52N6O8/c1-24(2)30(22-35(49)54-5)39(51)46-18-8-12-32(46)37-42-23-31(43-37)28-16-14-27(15-17-28)29-11-7-10-26(20-29)21-34(48)44-38(50)33-13-9-19-47(33)40(52)36(25(3)4)45-41(53)55-6/h7,10-11,14-17,20,23-25,30,32-33,36H,8-9,12-13,18-19,21-22H2,1-6H3,(H,42,43)(H,45,53)(H,44,48,50)/t30-,32-,33-,36-/m0/s1. The number of H-pyrrole nitrogens is 1. The summed E-state index contributed by atoms with van der Waals surface area (Å²) >= 11 is 0. The summed E-state index contributed by atoms with van der Waals surface area (Å²) in [4.78, 5) is 88.4. The van der Waals surface area contributed by atoms with Gasteiger partial charge in [-0.2, -0.15) is 0 Å². The molecule has 2 aliphatic rings. The van der Waals surface area contributed by atoms with Gasteiger partial charge in [0.25, 0.3) is 0 Å². The van der Waals surface area contributed by atoms with Crippen molar-refractivity contribution in [3.63, 3.8) is 0 Å². The number of rotatable bonds is 13. The van der Waals surface area contributed by atoms with Crippen molar-refractivity contribution in [3.05, 3.63) is 66.1 Å². The Morgan fingerprint density at radius 3 is 2.20 bits per heavy atom. The van der Waals surface area contributed by atoms with E-state index in [0.717, 1.165) is 35.2 Å². The number of imide groups is 1. The molecule has 2 aliphatic heterocycles. The number of aromatic nitrogens is 2. The Hall–Kier alpha value is -5.53. The maximum atomic E-state index is 13.6. The first kappa shape index (κ1) is 40.7. The number of benzene rings is 2. The van der Waals surface area contributed by atoms with E-state index in [9.17, 15) is 28.8 Å². The van der Waals surface area contributed by atoms with E-state index >= 15 is 0 Å². The minimum atomic E-state index is -0.866. The molecule has 0 saturated carbocycles. The lowest BCUT2D eigenvalue weighted by molar-refractivity contribution is -0.148. The highest BCUT2D eigenvalue weighted by molar-refractivity contribution is 6.00. The third-order valence-corrected chi connectivity index (χ3v) is 10.5. The molecule has 14 heteroatoms. The lowest BCUT2D eigenvalue weighted by Gasteiger charge is -2.30. The van der Waals surface area contributed by atoms with E-state index in [1.165, 1.54) is 19.1 Å². The first-order chi connectivity index (χ1) is 26.3. The van der Waals surface area contributed by atoms with Gasteiger partial charge in [-0.25, -0.2) is 9.78 Å². The zero-order valence-corrected chi connectivity index (χ0v) is 32.4. The number of esters is 1. The average Bonchev–Trinajstić information content (AvgIpc) is 3.97. The first-order valence-electron chi connectivity index (χ1n) is 18.9. The van der Waals surface area contributed by atoms with Crippen LogP contribution in [0.3, 0.4) is 0 Å². The fourth-order valence-corrected chi connectivity index (χ4v) is 7.39. The summed E-state index contributed by atoms with van der Waals surface area (Å²) < 4.78 is 9.51. The number of carbonyl (C=O) groups is 6. The predicted molar refractivity (Wildman–Crippen MR) is 204 cm³/mol. The maximum Gasteiger partial charge on any atom is 0.407 e. The number of likely N-dealkylation sites (tertiary alicyclic amines) is 2. The van der Waals surface area contributed by atoms with Crippen molar-refractivity contribution in [2.45, 2.75) is 84.3 Å². The van der Waals surface area contributed by atoms with Crippen LogP contribution in [0.4, 0.5) is 4.79 Å². The van der Waals surface area contributed by atoms with Crippen LogP contribution in [0.5, 0.6) is 0 Å². The van der Waals surface area contributed by atoms with Gasteiger partial charge in [-0.15, -0.1) is 0 Å². The number of nitrogens with zero attached hydrogens (tertiary/aromatic N) is 3. The van der Waals surface area contributed by atoms with Crippen LogP contribution in [0, 0.1) is 17.8 Å². The smallest absolute Gasteiger partial charge is 0.407 e. The highest BCUT2D eigenvalue weighted by Gasteiger charge is 2.40. The second kappa shape index (κ2) is 18.2. The Bertz CT molecular complexity index is 1870. The van der Waals surface area contributed by atoms with Crippen LogP contribution in [0.15, 0.2) is 54.7 Å². The van der Waals surface area contributed by atoms with Gasteiger partial charge in [-0.05, 0) is 59.8 Å². The molecular formula is C41H52N6O8. The van der Waals surface area contributed by atoms with Crippen LogP contribution >= 0.6 is 0 Å². The number of hydrogen-bond acceptors (Lipinski definition) is 9. The van der Waals surface area contributed by atoms with E-state index in [4.69, 9.17) is 4.74 Å². The highest BCUT2D eigenvalue weighted by Crippen LogP contribution is 2.35. The number of alkyl carbamates (subject to hydrolysis) is 1. The summed E-state index contributed by atoms with van der Waals surface area (Å²) in [6.07, 6.45) is 3.68. The monoisotopic (exact) mass is 756 g/mol. The number of nitrogens with one attached hydrogen (secondary N) is 3. The number of hydrogen-bond donors (Lipinski definition) is 3. The molecule has 55 heavy (non-hydrogen) atoms. The Kier molecular flexibility index (Phi) is 13.5. The van der Waals surface area contributed by atoms with Gasteiger partial charge in [0.2, 0.25) is 23.6 Å². The van der Waals surface area contributed by atoms with Crippen LogP contribution < -0.4 is 10.6 Å². The number of imidazole rings is 1. The molecule has 2 aromatic carbocycles. The van der Waals surface area contributed by atoms with Crippen molar-refractivity contribution in [1.29, 1.82) is 0 Å². The molecule has 4 atom stereocenters. The number of methoxy groups -OCH3 is 2. The van der Waals surface area contributed by atoms with Crippen molar-refractivity contribution >= 4 is 35.7 Å². The molecule has 14 nitrogen and oxygen atoms in total. The van der Waals surface area contributed by atoms with Crippen molar-refractivity contribution < 1.29 is 38.2 Å². The summed E-state index contributed by atoms with van der Waals surface area (Å²) in [6.45, 7) is 8.42. The van der Waals surface area contributed by atoms with Gasteiger partial charge in [0, 0.05) is 13.1 Å². The molecular weight excluding hydrogens is 704 g/mol. The molecule has 294 valence electrons. The Labute approximate surface area is 321 Å².